The van der Waals surface area contributed by atoms with Gasteiger partial charge in [-0.05, 0) is 25.5 Å². The Balaban J connectivity index is 3.23. The Morgan fingerprint density at radius 1 is 1.62 bits per heavy atom. The number of nitriles is 1. The van der Waals surface area contributed by atoms with Crippen LogP contribution in [0.15, 0.2) is 23.4 Å². The van der Waals surface area contributed by atoms with Gasteiger partial charge in [0.25, 0.3) is 0 Å². The molecular formula is C10H11ClN2O2S. The summed E-state index contributed by atoms with van der Waals surface area (Å²) in [5, 5.41) is 8.02. The lowest BCUT2D eigenvalue weighted by Crippen LogP contribution is -2.20. The van der Waals surface area contributed by atoms with E-state index in [1.807, 2.05) is 6.07 Å². The number of rotatable bonds is 4. The van der Waals surface area contributed by atoms with Gasteiger partial charge in [0, 0.05) is 12.1 Å². The zero-order chi connectivity index (χ0) is 12.2. The second-order valence-corrected chi connectivity index (χ2v) is 5.96. The summed E-state index contributed by atoms with van der Waals surface area (Å²) < 4.78 is 24.1. The Labute approximate surface area is 99.8 Å². The van der Waals surface area contributed by atoms with Gasteiger partial charge >= 0.3 is 0 Å². The highest BCUT2D eigenvalue weighted by molar-refractivity contribution is 7.92. The van der Waals surface area contributed by atoms with E-state index in [0.29, 0.717) is 6.42 Å². The molecule has 0 radical (unpaired) electrons. The maximum atomic E-state index is 12.0. The van der Waals surface area contributed by atoms with E-state index in [0.717, 1.165) is 0 Å². The first-order chi connectivity index (χ1) is 7.54. The molecule has 16 heavy (non-hydrogen) atoms. The molecule has 1 atom stereocenters. The highest BCUT2D eigenvalue weighted by atomic mass is 35.5. The molecule has 86 valence electrons. The van der Waals surface area contributed by atoms with Crippen LogP contribution in [0.5, 0.6) is 0 Å². The summed E-state index contributed by atoms with van der Waals surface area (Å²) in [6.07, 6.45) is 1.70. The van der Waals surface area contributed by atoms with Crippen LogP contribution in [0.2, 0.25) is 0 Å². The number of pyridine rings is 1. The topological polar surface area (TPSA) is 70.8 Å². The van der Waals surface area contributed by atoms with Crippen molar-refractivity contribution in [2.24, 2.45) is 0 Å². The van der Waals surface area contributed by atoms with Gasteiger partial charge in [-0.2, -0.15) is 5.26 Å². The van der Waals surface area contributed by atoms with Gasteiger partial charge in [0.15, 0.2) is 14.9 Å². The summed E-state index contributed by atoms with van der Waals surface area (Å²) in [5.74, 6) is 0.259. The Morgan fingerprint density at radius 3 is 2.88 bits per heavy atom. The average Bonchev–Trinajstić information content (AvgIpc) is 2.29. The van der Waals surface area contributed by atoms with Crippen LogP contribution in [0.3, 0.4) is 0 Å². The Bertz CT molecular complexity index is 508. The molecule has 0 aromatic carbocycles. The van der Waals surface area contributed by atoms with Crippen LogP contribution in [0.25, 0.3) is 0 Å². The van der Waals surface area contributed by atoms with Gasteiger partial charge in [-0.3, -0.25) is 0 Å². The SMILES string of the molecule is CC(CCCl)S(=O)(=O)c1ncccc1C#N. The number of aromatic nitrogens is 1. The lowest BCUT2D eigenvalue weighted by atomic mass is 10.3. The van der Waals surface area contributed by atoms with Crippen molar-refractivity contribution in [2.45, 2.75) is 23.6 Å². The van der Waals surface area contributed by atoms with Crippen LogP contribution in [0.4, 0.5) is 0 Å². The molecule has 1 aromatic rings. The standard InChI is InChI=1S/C10H11ClN2O2S/c1-8(4-5-11)16(14,15)10-9(7-12)3-2-6-13-10/h2-3,6,8H,4-5H2,1H3. The molecule has 6 heteroatoms. The van der Waals surface area contributed by atoms with Gasteiger partial charge in [-0.1, -0.05) is 0 Å². The van der Waals surface area contributed by atoms with Crippen molar-refractivity contribution in [2.75, 3.05) is 5.88 Å². The summed E-state index contributed by atoms with van der Waals surface area (Å²) in [5.41, 5.74) is 0.0731. The van der Waals surface area contributed by atoms with Gasteiger partial charge in [0.1, 0.15) is 6.07 Å². The largest absolute Gasteiger partial charge is 0.243 e. The number of sulfone groups is 1. The molecule has 0 saturated heterocycles. The van der Waals surface area contributed by atoms with Crippen LogP contribution >= 0.6 is 11.6 Å². The van der Waals surface area contributed by atoms with E-state index in [1.165, 1.54) is 18.3 Å². The minimum atomic E-state index is -3.56. The number of halogens is 1. The minimum Gasteiger partial charge on any atom is -0.243 e. The van der Waals surface area contributed by atoms with Crippen molar-refractivity contribution in [3.05, 3.63) is 23.9 Å². The first kappa shape index (κ1) is 12.9. The highest BCUT2D eigenvalue weighted by Crippen LogP contribution is 2.19. The molecule has 0 aliphatic heterocycles. The van der Waals surface area contributed by atoms with Gasteiger partial charge in [-0.15, -0.1) is 11.6 Å². The van der Waals surface area contributed by atoms with Crippen molar-refractivity contribution >= 4 is 21.4 Å². The summed E-state index contributed by atoms with van der Waals surface area (Å²) in [7, 11) is -3.56. The number of hydrogen-bond acceptors (Lipinski definition) is 4. The fourth-order valence-corrected chi connectivity index (χ4v) is 3.10. The van der Waals surface area contributed by atoms with Crippen molar-refractivity contribution in [1.82, 2.24) is 4.98 Å². The monoisotopic (exact) mass is 258 g/mol. The molecule has 0 spiro atoms. The Morgan fingerprint density at radius 2 is 2.31 bits per heavy atom. The van der Waals surface area contributed by atoms with Gasteiger partial charge < -0.3 is 0 Å². The van der Waals surface area contributed by atoms with E-state index in [9.17, 15) is 8.42 Å². The first-order valence-electron chi connectivity index (χ1n) is 4.69. The minimum absolute atomic E-state index is 0.0731. The van der Waals surface area contributed by atoms with E-state index < -0.39 is 15.1 Å². The van der Waals surface area contributed by atoms with Crippen LogP contribution in [0.1, 0.15) is 18.9 Å². The van der Waals surface area contributed by atoms with Crippen molar-refractivity contribution in [3.63, 3.8) is 0 Å². The summed E-state index contributed by atoms with van der Waals surface area (Å²) in [6.45, 7) is 1.56. The number of nitrogens with zero attached hydrogens (tertiary/aromatic N) is 2. The molecule has 0 N–H and O–H groups in total. The first-order valence-corrected chi connectivity index (χ1v) is 6.77. The Kier molecular flexibility index (Phi) is 4.27. The number of alkyl halides is 1. The van der Waals surface area contributed by atoms with Crippen LogP contribution in [-0.2, 0) is 9.84 Å². The van der Waals surface area contributed by atoms with E-state index in [-0.39, 0.29) is 16.5 Å². The molecule has 0 bridgehead atoms. The van der Waals surface area contributed by atoms with E-state index >= 15 is 0 Å². The summed E-state index contributed by atoms with van der Waals surface area (Å²) in [4.78, 5) is 3.77. The molecule has 1 unspecified atom stereocenters. The van der Waals surface area contributed by atoms with Crippen molar-refractivity contribution < 1.29 is 8.42 Å². The molecule has 0 fully saturated rings. The molecule has 0 aliphatic carbocycles. The Hall–Kier alpha value is -1.12. The van der Waals surface area contributed by atoms with Gasteiger partial charge in [-0.25, -0.2) is 13.4 Å². The summed E-state index contributed by atoms with van der Waals surface area (Å²) in [6, 6.07) is 4.79. The molecule has 0 aliphatic rings. The van der Waals surface area contributed by atoms with Gasteiger partial charge in [0.2, 0.25) is 0 Å². The summed E-state index contributed by atoms with van der Waals surface area (Å²) >= 11 is 5.51. The molecule has 1 aromatic heterocycles. The second kappa shape index (κ2) is 5.28. The van der Waals surface area contributed by atoms with Crippen LogP contribution in [-0.4, -0.2) is 24.5 Å². The van der Waals surface area contributed by atoms with E-state index in [2.05, 4.69) is 4.98 Å². The van der Waals surface area contributed by atoms with Crippen molar-refractivity contribution in [3.8, 4) is 6.07 Å². The molecule has 1 heterocycles. The molecule has 0 saturated carbocycles. The maximum absolute atomic E-state index is 12.0. The van der Waals surface area contributed by atoms with Crippen LogP contribution in [0, 0.1) is 11.3 Å². The zero-order valence-electron chi connectivity index (χ0n) is 8.72. The fourth-order valence-electron chi connectivity index (χ4n) is 1.20. The third-order valence-electron chi connectivity index (χ3n) is 2.21. The van der Waals surface area contributed by atoms with E-state index in [1.54, 1.807) is 6.92 Å². The fraction of sp³-hybridized carbons (Fsp3) is 0.400. The third-order valence-corrected chi connectivity index (χ3v) is 4.58. The predicted octanol–water partition coefficient (Wildman–Crippen LogP) is 1.74. The quantitative estimate of drug-likeness (QED) is 0.772. The lowest BCUT2D eigenvalue weighted by molar-refractivity contribution is 0.577. The maximum Gasteiger partial charge on any atom is 0.199 e. The number of hydrogen-bond donors (Lipinski definition) is 0. The van der Waals surface area contributed by atoms with Gasteiger partial charge in [0.05, 0.1) is 10.8 Å². The van der Waals surface area contributed by atoms with Crippen LogP contribution < -0.4 is 0 Å². The second-order valence-electron chi connectivity index (χ2n) is 3.30. The average molecular weight is 259 g/mol. The third kappa shape index (κ3) is 2.52. The molecule has 0 amide bonds. The zero-order valence-corrected chi connectivity index (χ0v) is 10.3. The normalized spacial score (nSPS) is 13.1. The van der Waals surface area contributed by atoms with E-state index in [4.69, 9.17) is 16.9 Å². The molecule has 4 nitrogen and oxygen atoms in total. The molecular weight excluding hydrogens is 248 g/mol. The predicted molar refractivity (Wildman–Crippen MR) is 60.9 cm³/mol. The lowest BCUT2D eigenvalue weighted by Gasteiger charge is -2.11. The molecule has 1 rings (SSSR count). The van der Waals surface area contributed by atoms with Crippen molar-refractivity contribution in [1.29, 1.82) is 5.26 Å². The smallest absolute Gasteiger partial charge is 0.199 e. The highest BCUT2D eigenvalue weighted by Gasteiger charge is 2.26.